The van der Waals surface area contributed by atoms with Gasteiger partial charge in [-0.05, 0) is 12.8 Å². The second kappa shape index (κ2) is 2.33. The molecule has 1 saturated heterocycles. The van der Waals surface area contributed by atoms with Gasteiger partial charge in [-0.3, -0.25) is 0 Å². The fourth-order valence-corrected chi connectivity index (χ4v) is 1.28. The third-order valence-electron chi connectivity index (χ3n) is 1.80. The molecule has 0 bridgehead atoms. The largest absolute Gasteiger partial charge is 0.432 e. The molecule has 0 aromatic carbocycles. The van der Waals surface area contributed by atoms with E-state index in [1.54, 1.807) is 12.5 Å². The molecule has 0 unspecified atom stereocenters. The van der Waals surface area contributed by atoms with E-state index >= 15 is 0 Å². The Morgan fingerprint density at radius 2 is 2.20 bits per heavy atom. The Morgan fingerprint density at radius 3 is 2.80 bits per heavy atom. The second-order valence-corrected chi connectivity index (χ2v) is 2.51. The topological polar surface area (TPSA) is 29.3 Å². The van der Waals surface area contributed by atoms with Crippen LogP contribution in [0.1, 0.15) is 12.8 Å². The highest BCUT2D eigenvalue weighted by atomic mass is 16.4. The predicted octanol–water partition coefficient (Wildman–Crippen LogP) is 1.27. The Bertz CT molecular complexity index is 189. The first-order valence-electron chi connectivity index (χ1n) is 3.61. The van der Waals surface area contributed by atoms with Gasteiger partial charge in [-0.1, -0.05) is 0 Å². The molecule has 3 nitrogen and oxygen atoms in total. The van der Waals surface area contributed by atoms with Gasteiger partial charge in [0.2, 0.25) is 0 Å². The second-order valence-electron chi connectivity index (χ2n) is 2.51. The van der Waals surface area contributed by atoms with E-state index in [0.29, 0.717) is 0 Å². The van der Waals surface area contributed by atoms with Crippen molar-refractivity contribution < 1.29 is 4.42 Å². The van der Waals surface area contributed by atoms with Gasteiger partial charge >= 0.3 is 0 Å². The molecule has 10 heavy (non-hydrogen) atoms. The molecule has 0 atom stereocenters. The van der Waals surface area contributed by atoms with Gasteiger partial charge in [0.25, 0.3) is 6.01 Å². The molecular formula is C7H10N2O. The Morgan fingerprint density at radius 1 is 1.40 bits per heavy atom. The minimum Gasteiger partial charge on any atom is -0.432 e. The van der Waals surface area contributed by atoms with Crippen LogP contribution < -0.4 is 4.90 Å². The first-order chi connectivity index (χ1) is 4.97. The summed E-state index contributed by atoms with van der Waals surface area (Å²) >= 11 is 0. The van der Waals surface area contributed by atoms with E-state index < -0.39 is 0 Å². The average molecular weight is 138 g/mol. The van der Waals surface area contributed by atoms with Crippen LogP contribution in [0.5, 0.6) is 0 Å². The molecule has 0 radical (unpaired) electrons. The first-order valence-corrected chi connectivity index (χ1v) is 3.61. The van der Waals surface area contributed by atoms with Crippen LogP contribution in [0.15, 0.2) is 16.9 Å². The van der Waals surface area contributed by atoms with Crippen molar-refractivity contribution >= 4 is 6.01 Å². The fraction of sp³-hybridized carbons (Fsp3) is 0.571. The van der Waals surface area contributed by atoms with Crippen LogP contribution >= 0.6 is 0 Å². The molecule has 1 aliphatic rings. The minimum absolute atomic E-state index is 0.775. The van der Waals surface area contributed by atoms with Crippen molar-refractivity contribution in [3.63, 3.8) is 0 Å². The van der Waals surface area contributed by atoms with Crippen molar-refractivity contribution in [3.8, 4) is 0 Å². The molecule has 0 aliphatic carbocycles. The number of rotatable bonds is 1. The normalized spacial score (nSPS) is 18.2. The van der Waals surface area contributed by atoms with Gasteiger partial charge < -0.3 is 9.32 Å². The van der Waals surface area contributed by atoms with Crippen LogP contribution in [-0.2, 0) is 0 Å². The van der Waals surface area contributed by atoms with Crippen LogP contribution in [0.3, 0.4) is 0 Å². The molecule has 1 aromatic heterocycles. The minimum atomic E-state index is 0.775. The Labute approximate surface area is 59.7 Å². The summed E-state index contributed by atoms with van der Waals surface area (Å²) in [6.45, 7) is 2.20. The van der Waals surface area contributed by atoms with Gasteiger partial charge in [-0.15, -0.1) is 0 Å². The summed E-state index contributed by atoms with van der Waals surface area (Å²) in [6.07, 6.45) is 5.84. The molecule has 0 spiro atoms. The van der Waals surface area contributed by atoms with Gasteiger partial charge in [-0.2, -0.15) is 0 Å². The molecule has 3 heteroatoms. The lowest BCUT2D eigenvalue weighted by Crippen LogP contribution is -2.17. The molecule has 2 rings (SSSR count). The van der Waals surface area contributed by atoms with Crippen LogP contribution in [0.25, 0.3) is 0 Å². The molecule has 1 aliphatic heterocycles. The van der Waals surface area contributed by atoms with Crippen molar-refractivity contribution in [2.45, 2.75) is 12.8 Å². The van der Waals surface area contributed by atoms with E-state index in [9.17, 15) is 0 Å². The molecule has 0 saturated carbocycles. The molecule has 0 amide bonds. The van der Waals surface area contributed by atoms with Gasteiger partial charge in [0.15, 0.2) is 0 Å². The Hall–Kier alpha value is -0.990. The van der Waals surface area contributed by atoms with E-state index in [1.807, 2.05) is 0 Å². The van der Waals surface area contributed by atoms with Gasteiger partial charge in [0.05, 0.1) is 6.20 Å². The maximum atomic E-state index is 5.13. The summed E-state index contributed by atoms with van der Waals surface area (Å²) in [7, 11) is 0. The van der Waals surface area contributed by atoms with Crippen LogP contribution in [0, 0.1) is 0 Å². The zero-order valence-corrected chi connectivity index (χ0v) is 5.79. The lowest BCUT2D eigenvalue weighted by atomic mass is 10.4. The SMILES string of the molecule is c1coc(N2CCCC2)n1. The lowest BCUT2D eigenvalue weighted by molar-refractivity contribution is 0.547. The molecule has 0 N–H and O–H groups in total. The zero-order chi connectivity index (χ0) is 6.81. The standard InChI is InChI=1S/C7H10N2O/c1-2-5-9(4-1)7-8-3-6-10-7/h3,6H,1-2,4-5H2. The number of aromatic nitrogens is 1. The molecular weight excluding hydrogens is 128 g/mol. The van der Waals surface area contributed by atoms with Crippen molar-refractivity contribution in [3.05, 3.63) is 12.5 Å². The van der Waals surface area contributed by atoms with Crippen molar-refractivity contribution in [2.75, 3.05) is 18.0 Å². The third kappa shape index (κ3) is 0.875. The highest BCUT2D eigenvalue weighted by molar-refractivity contribution is 5.25. The predicted molar refractivity (Wildman–Crippen MR) is 38.0 cm³/mol. The van der Waals surface area contributed by atoms with E-state index in [2.05, 4.69) is 9.88 Å². The summed E-state index contributed by atoms with van der Waals surface area (Å²) in [5.74, 6) is 0. The quantitative estimate of drug-likeness (QED) is 0.585. The smallest absolute Gasteiger partial charge is 0.297 e. The molecule has 2 heterocycles. The first kappa shape index (κ1) is 5.77. The number of oxazole rings is 1. The molecule has 1 aromatic rings. The van der Waals surface area contributed by atoms with Gasteiger partial charge in [-0.25, -0.2) is 4.98 Å². The van der Waals surface area contributed by atoms with Gasteiger partial charge in [0.1, 0.15) is 6.26 Å². The monoisotopic (exact) mass is 138 g/mol. The molecule has 1 fully saturated rings. The number of hydrogen-bond acceptors (Lipinski definition) is 3. The number of hydrogen-bond donors (Lipinski definition) is 0. The number of anilines is 1. The van der Waals surface area contributed by atoms with Crippen LogP contribution in [0.2, 0.25) is 0 Å². The van der Waals surface area contributed by atoms with E-state index in [-0.39, 0.29) is 0 Å². The van der Waals surface area contributed by atoms with E-state index in [1.165, 1.54) is 12.8 Å². The maximum Gasteiger partial charge on any atom is 0.297 e. The van der Waals surface area contributed by atoms with Crippen LogP contribution in [-0.4, -0.2) is 18.1 Å². The zero-order valence-electron chi connectivity index (χ0n) is 5.79. The van der Waals surface area contributed by atoms with Gasteiger partial charge in [0, 0.05) is 13.1 Å². The third-order valence-corrected chi connectivity index (χ3v) is 1.80. The highest BCUT2D eigenvalue weighted by Gasteiger charge is 2.14. The summed E-state index contributed by atoms with van der Waals surface area (Å²) < 4.78 is 5.13. The lowest BCUT2D eigenvalue weighted by Gasteiger charge is -2.09. The fourth-order valence-electron chi connectivity index (χ4n) is 1.28. The summed E-state index contributed by atoms with van der Waals surface area (Å²) in [5, 5.41) is 0. The number of nitrogens with zero attached hydrogens (tertiary/aromatic N) is 2. The van der Waals surface area contributed by atoms with E-state index in [4.69, 9.17) is 4.42 Å². The van der Waals surface area contributed by atoms with Crippen molar-refractivity contribution in [1.82, 2.24) is 4.98 Å². The highest BCUT2D eigenvalue weighted by Crippen LogP contribution is 2.16. The average Bonchev–Trinajstić information content (AvgIpc) is 2.59. The van der Waals surface area contributed by atoms with Crippen molar-refractivity contribution in [2.24, 2.45) is 0 Å². The Kier molecular flexibility index (Phi) is 1.34. The van der Waals surface area contributed by atoms with E-state index in [0.717, 1.165) is 19.1 Å². The van der Waals surface area contributed by atoms with Crippen molar-refractivity contribution in [1.29, 1.82) is 0 Å². The summed E-state index contributed by atoms with van der Waals surface area (Å²) in [4.78, 5) is 6.22. The van der Waals surface area contributed by atoms with Crippen LogP contribution in [0.4, 0.5) is 6.01 Å². The Balaban J connectivity index is 2.12. The maximum absolute atomic E-state index is 5.13. The molecule has 54 valence electrons. The summed E-state index contributed by atoms with van der Waals surface area (Å²) in [6, 6.07) is 0.775. The summed E-state index contributed by atoms with van der Waals surface area (Å²) in [5.41, 5.74) is 0.